The fraction of sp³-hybridized carbons (Fsp3) is 0.400. The summed E-state index contributed by atoms with van der Waals surface area (Å²) >= 11 is 0. The summed E-state index contributed by atoms with van der Waals surface area (Å²) < 4.78 is 0. The summed E-state index contributed by atoms with van der Waals surface area (Å²) in [6.45, 7) is 6.98. The molecule has 2 aromatic rings. The van der Waals surface area contributed by atoms with Crippen LogP contribution in [0, 0.1) is 0 Å². The zero-order valence-electron chi connectivity index (χ0n) is 14.5. The molecule has 2 N–H and O–H groups in total. The third kappa shape index (κ3) is 5.00. The number of para-hydroxylation sites is 1. The molecule has 0 saturated carbocycles. The minimum atomic E-state index is 0. The lowest BCUT2D eigenvalue weighted by molar-refractivity contribution is 0.112. The smallest absolute Gasteiger partial charge is 0.151 e. The normalized spacial score (nSPS) is 11.7. The summed E-state index contributed by atoms with van der Waals surface area (Å²) in [4.78, 5) is 15.8. The van der Waals surface area contributed by atoms with Crippen LogP contribution in [0.1, 0.15) is 63.1 Å². The van der Waals surface area contributed by atoms with Crippen molar-refractivity contribution in [2.45, 2.75) is 46.5 Å². The van der Waals surface area contributed by atoms with Gasteiger partial charge in [-0.1, -0.05) is 57.5 Å². The van der Waals surface area contributed by atoms with Crippen molar-refractivity contribution in [3.63, 3.8) is 0 Å². The lowest BCUT2D eigenvalue weighted by Crippen LogP contribution is -2.03. The number of hydrogen-bond donors (Lipinski definition) is 1. The Morgan fingerprint density at radius 1 is 1.30 bits per heavy atom. The summed E-state index contributed by atoms with van der Waals surface area (Å²) in [6.07, 6.45) is 9.39. The minimum absolute atomic E-state index is 0. The van der Waals surface area contributed by atoms with Crippen molar-refractivity contribution in [2.24, 2.45) is 5.73 Å². The molecule has 1 aliphatic carbocycles. The molecule has 1 aliphatic rings. The van der Waals surface area contributed by atoms with Crippen molar-refractivity contribution < 1.29 is 6.22 Å². The minimum Gasteiger partial charge on any atom is -0.330 e. The first-order chi connectivity index (χ1) is 11.3. The molecule has 3 heteroatoms. The van der Waals surface area contributed by atoms with Gasteiger partial charge in [0.1, 0.15) is 0 Å². The molecule has 23 heavy (non-hydrogen) atoms. The van der Waals surface area contributed by atoms with Crippen molar-refractivity contribution in [2.75, 3.05) is 6.54 Å². The molecule has 0 spiro atoms. The highest BCUT2D eigenvalue weighted by Gasteiger charge is 2.13. The van der Waals surface area contributed by atoms with Gasteiger partial charge in [0, 0.05) is 23.6 Å². The summed E-state index contributed by atoms with van der Waals surface area (Å²) in [5.74, 6) is 0. The van der Waals surface area contributed by atoms with E-state index in [2.05, 4.69) is 18.0 Å². The lowest BCUT2D eigenvalue weighted by Gasteiger charge is -2.13. The van der Waals surface area contributed by atoms with Gasteiger partial charge in [-0.3, -0.25) is 9.78 Å². The molecule has 3 nitrogen and oxygen atoms in total. The second-order valence-electron chi connectivity index (χ2n) is 5.10. The highest BCUT2D eigenvalue weighted by molar-refractivity contribution is 6.00. The third-order valence-corrected chi connectivity index (χ3v) is 3.56. The molecule has 0 aliphatic heterocycles. The number of benzene rings is 1. The van der Waals surface area contributed by atoms with E-state index in [1.54, 1.807) is 0 Å². The Morgan fingerprint density at radius 3 is 2.65 bits per heavy atom. The van der Waals surface area contributed by atoms with Crippen molar-refractivity contribution in [1.29, 1.82) is 0 Å². The van der Waals surface area contributed by atoms with Gasteiger partial charge in [0.05, 0.1) is 5.52 Å². The van der Waals surface area contributed by atoms with Gasteiger partial charge in [0.25, 0.3) is 0 Å². The molecule has 1 aromatic heterocycles. The summed E-state index contributed by atoms with van der Waals surface area (Å²) in [5.41, 5.74) is 8.87. The van der Waals surface area contributed by atoms with Gasteiger partial charge in [-0.2, -0.15) is 0 Å². The number of pyridine rings is 1. The van der Waals surface area contributed by atoms with Crippen LogP contribution in [0.25, 0.3) is 17.0 Å². The number of hydrogen-bond acceptors (Lipinski definition) is 3. The standard InChI is InChI=1S/C14H11NO.C4H11N.C2H6.H2/c16-9-12-10-5-1-3-7-13(10)15-14-8-4-2-6-11(12)14;1-2-3-4-5;1-2;/h1-3,5-7,9H,4,8H2;2-5H2,1H3;1-2H3;1H. The Morgan fingerprint density at radius 2 is 2.04 bits per heavy atom. The van der Waals surface area contributed by atoms with Gasteiger partial charge in [-0.25, -0.2) is 0 Å². The van der Waals surface area contributed by atoms with Crippen molar-refractivity contribution >= 4 is 23.3 Å². The van der Waals surface area contributed by atoms with Crippen LogP contribution >= 0.6 is 0 Å². The zero-order chi connectivity index (χ0) is 17.1. The van der Waals surface area contributed by atoms with Crippen LogP contribution in [-0.4, -0.2) is 17.8 Å². The largest absolute Gasteiger partial charge is 0.330 e. The van der Waals surface area contributed by atoms with Gasteiger partial charge in [-0.05, 0) is 31.9 Å². The molecular weight excluding hydrogens is 284 g/mol. The number of nitrogens with zero attached hydrogens (tertiary/aromatic N) is 1. The highest BCUT2D eigenvalue weighted by Crippen LogP contribution is 2.26. The van der Waals surface area contributed by atoms with Crippen molar-refractivity contribution in [3.05, 3.63) is 47.2 Å². The Labute approximate surface area is 141 Å². The van der Waals surface area contributed by atoms with Gasteiger partial charge < -0.3 is 5.73 Å². The fourth-order valence-corrected chi connectivity index (χ4v) is 2.43. The highest BCUT2D eigenvalue weighted by atomic mass is 16.1. The van der Waals surface area contributed by atoms with E-state index in [0.29, 0.717) is 0 Å². The molecule has 0 fully saturated rings. The van der Waals surface area contributed by atoms with Crippen LogP contribution in [-0.2, 0) is 6.42 Å². The number of rotatable bonds is 3. The maximum absolute atomic E-state index is 11.2. The fourth-order valence-electron chi connectivity index (χ4n) is 2.43. The van der Waals surface area contributed by atoms with Gasteiger partial charge in [-0.15, -0.1) is 0 Å². The van der Waals surface area contributed by atoms with Crippen molar-refractivity contribution in [3.8, 4) is 0 Å². The maximum atomic E-state index is 11.2. The van der Waals surface area contributed by atoms with Crippen LogP contribution in [0.5, 0.6) is 0 Å². The number of unbranched alkanes of at least 4 members (excludes halogenated alkanes) is 1. The second kappa shape index (κ2) is 10.7. The van der Waals surface area contributed by atoms with E-state index in [4.69, 9.17) is 5.73 Å². The third-order valence-electron chi connectivity index (χ3n) is 3.56. The number of nitrogens with two attached hydrogens (primary N) is 1. The van der Waals surface area contributed by atoms with Gasteiger partial charge in [0.15, 0.2) is 6.29 Å². The molecule has 0 saturated heterocycles. The number of carbonyl (C=O) groups is 1. The SMILES string of the molecule is CC.CCCCN.O=Cc1c2c(nc3ccccc13)CCC=C2.[HH]. The summed E-state index contributed by atoms with van der Waals surface area (Å²) in [7, 11) is 0. The molecule has 1 aromatic carbocycles. The van der Waals surface area contributed by atoms with E-state index in [1.165, 1.54) is 12.8 Å². The molecule has 0 amide bonds. The second-order valence-corrected chi connectivity index (χ2v) is 5.10. The van der Waals surface area contributed by atoms with E-state index >= 15 is 0 Å². The number of carbonyl (C=O) groups excluding carboxylic acids is 1. The average molecular weight is 314 g/mol. The van der Waals surface area contributed by atoms with Crippen LogP contribution in [0.3, 0.4) is 0 Å². The Bertz CT molecular complexity index is 651. The summed E-state index contributed by atoms with van der Waals surface area (Å²) in [5, 5.41) is 0.947. The van der Waals surface area contributed by atoms with Crippen LogP contribution in [0.15, 0.2) is 30.3 Å². The van der Waals surface area contributed by atoms with Crippen LogP contribution in [0.4, 0.5) is 0 Å². The topological polar surface area (TPSA) is 56.0 Å². The molecule has 0 atom stereocenters. The first-order valence-corrected chi connectivity index (χ1v) is 8.55. The predicted molar refractivity (Wildman–Crippen MR) is 102 cm³/mol. The van der Waals surface area contributed by atoms with Crippen LogP contribution < -0.4 is 5.73 Å². The van der Waals surface area contributed by atoms with E-state index in [9.17, 15) is 4.79 Å². The maximum Gasteiger partial charge on any atom is 0.151 e. The molecular formula is C20H30N2O. The first-order valence-electron chi connectivity index (χ1n) is 8.55. The first kappa shape index (κ1) is 19.0. The number of aldehydes is 1. The Kier molecular flexibility index (Phi) is 8.85. The number of aromatic nitrogens is 1. The quantitative estimate of drug-likeness (QED) is 0.809. The van der Waals surface area contributed by atoms with Crippen molar-refractivity contribution in [1.82, 2.24) is 4.98 Å². The number of aryl methyl sites for hydroxylation is 1. The van der Waals surface area contributed by atoms with Gasteiger partial charge >= 0.3 is 0 Å². The molecule has 1 heterocycles. The van der Waals surface area contributed by atoms with Gasteiger partial charge in [0.2, 0.25) is 0 Å². The number of fused-ring (bicyclic) bond motifs is 2. The van der Waals surface area contributed by atoms with Crippen LogP contribution in [0.2, 0.25) is 0 Å². The molecule has 3 rings (SSSR count). The zero-order valence-corrected chi connectivity index (χ0v) is 14.5. The van der Waals surface area contributed by atoms with E-state index < -0.39 is 0 Å². The number of allylic oxidation sites excluding steroid dienone is 1. The molecule has 126 valence electrons. The average Bonchev–Trinajstić information content (AvgIpc) is 2.62. The van der Waals surface area contributed by atoms with E-state index in [-0.39, 0.29) is 1.43 Å². The Balaban J connectivity index is 0.000000576. The molecule has 0 bridgehead atoms. The monoisotopic (exact) mass is 314 g/mol. The molecule has 0 unspecified atom stereocenters. The predicted octanol–water partition coefficient (Wildman–Crippen LogP) is 5.02. The molecule has 0 radical (unpaired) electrons. The van der Waals surface area contributed by atoms with E-state index in [0.717, 1.165) is 53.4 Å². The summed E-state index contributed by atoms with van der Waals surface area (Å²) in [6, 6.07) is 7.81. The lowest BCUT2D eigenvalue weighted by atomic mass is 9.95. The van der Waals surface area contributed by atoms with E-state index in [1.807, 2.05) is 44.2 Å². The Hall–Kier alpha value is -2.00.